The molecule has 4 rings (SSSR count). The van der Waals surface area contributed by atoms with E-state index >= 15 is 0 Å². The van der Waals surface area contributed by atoms with Crippen molar-refractivity contribution in [2.75, 3.05) is 23.8 Å². The molecule has 0 unspecified atom stereocenters. The lowest BCUT2D eigenvalue weighted by Crippen LogP contribution is -2.14. The summed E-state index contributed by atoms with van der Waals surface area (Å²) in [4.78, 5) is 17.1. The number of aliphatic hydroxyl groups is 1. The molecule has 3 heterocycles. The Kier molecular flexibility index (Phi) is 5.95. The second kappa shape index (κ2) is 8.98. The van der Waals surface area contributed by atoms with Crippen molar-refractivity contribution in [2.24, 2.45) is 7.05 Å². The van der Waals surface area contributed by atoms with Crippen LogP contribution < -0.4 is 10.6 Å². The highest BCUT2D eigenvalue weighted by Crippen LogP contribution is 2.33. The molecule has 0 spiro atoms. The second-order valence-electron chi connectivity index (χ2n) is 7.24. The fraction of sp³-hybridized carbons (Fsp3) is 0.182. The van der Waals surface area contributed by atoms with Crippen LogP contribution >= 0.6 is 0 Å². The average molecular weight is 435 g/mol. The molecule has 0 saturated heterocycles. The van der Waals surface area contributed by atoms with Gasteiger partial charge in [0.1, 0.15) is 17.5 Å². The summed E-state index contributed by atoms with van der Waals surface area (Å²) in [5.74, 6) is -0.247. The van der Waals surface area contributed by atoms with E-state index in [4.69, 9.17) is 0 Å². The Balaban J connectivity index is 1.76. The number of nitrogens with one attached hydrogen (secondary N) is 3. The van der Waals surface area contributed by atoms with Gasteiger partial charge in [0.05, 0.1) is 24.6 Å². The van der Waals surface area contributed by atoms with Crippen LogP contribution in [0.3, 0.4) is 0 Å². The second-order valence-corrected chi connectivity index (χ2v) is 7.24. The van der Waals surface area contributed by atoms with Crippen molar-refractivity contribution in [3.8, 4) is 22.3 Å². The van der Waals surface area contributed by atoms with Gasteiger partial charge in [0.2, 0.25) is 0 Å². The number of rotatable bonds is 7. The number of aliphatic hydroxyl groups excluding tert-OH is 1. The molecule has 3 aromatic heterocycles. The molecule has 0 aliphatic rings. The van der Waals surface area contributed by atoms with Crippen molar-refractivity contribution >= 4 is 17.5 Å². The first-order valence-corrected chi connectivity index (χ1v) is 9.91. The number of aromatic amines is 1. The highest BCUT2D eigenvalue weighted by Gasteiger charge is 2.18. The number of carbonyl (C=O) groups is 1. The number of aryl methyl sites for hydroxylation is 2. The van der Waals surface area contributed by atoms with Crippen LogP contribution in [-0.4, -0.2) is 49.1 Å². The predicted octanol–water partition coefficient (Wildman–Crippen LogP) is 2.98. The van der Waals surface area contributed by atoms with Crippen LogP contribution in [0.5, 0.6) is 0 Å². The van der Waals surface area contributed by atoms with E-state index < -0.39 is 11.7 Å². The Labute approximate surface area is 183 Å². The summed E-state index contributed by atoms with van der Waals surface area (Å²) in [5.41, 5.74) is 3.57. The first-order valence-electron chi connectivity index (χ1n) is 9.91. The van der Waals surface area contributed by atoms with Crippen molar-refractivity contribution in [1.82, 2.24) is 25.0 Å². The number of H-pyrrole nitrogens is 1. The summed E-state index contributed by atoms with van der Waals surface area (Å²) in [6.07, 6.45) is 6.71. The molecule has 0 fully saturated rings. The SMILES string of the molecule is Cc1cc(F)c(C(=O)Nc2ccn[nH]2)cc1-c1cnc(NCCO)c(-c2cnn(C)c2)c1. The molecular formula is C22H22FN7O2. The summed E-state index contributed by atoms with van der Waals surface area (Å²) in [6, 6.07) is 6.33. The maximum atomic E-state index is 14.6. The summed E-state index contributed by atoms with van der Waals surface area (Å²) >= 11 is 0. The summed E-state index contributed by atoms with van der Waals surface area (Å²) in [6.45, 7) is 2.07. The predicted molar refractivity (Wildman–Crippen MR) is 119 cm³/mol. The molecule has 164 valence electrons. The Morgan fingerprint density at radius 2 is 2.06 bits per heavy atom. The van der Waals surface area contributed by atoms with E-state index in [1.807, 2.05) is 19.3 Å². The van der Waals surface area contributed by atoms with Gasteiger partial charge >= 0.3 is 0 Å². The van der Waals surface area contributed by atoms with Gasteiger partial charge in [-0.05, 0) is 36.2 Å². The minimum absolute atomic E-state index is 0.0399. The quantitative estimate of drug-likeness (QED) is 0.354. The molecule has 1 amide bonds. The standard InChI is InChI=1S/C22H22FN7O2/c1-13-7-19(23)18(22(32)28-20-3-4-26-29-20)9-16(13)14-8-17(15-11-27-30(2)12-15)21(25-10-14)24-5-6-31/h3-4,7-12,31H,5-6H2,1-2H3,(H,24,25)(H2,26,28,29,32). The molecule has 0 saturated carbocycles. The third kappa shape index (κ3) is 4.35. The lowest BCUT2D eigenvalue weighted by molar-refractivity contribution is 0.102. The van der Waals surface area contributed by atoms with Crippen molar-refractivity contribution in [1.29, 1.82) is 0 Å². The van der Waals surface area contributed by atoms with Crippen LogP contribution in [0.25, 0.3) is 22.3 Å². The topological polar surface area (TPSA) is 121 Å². The molecule has 0 atom stereocenters. The van der Waals surface area contributed by atoms with Gasteiger partial charge in [0.25, 0.3) is 5.91 Å². The molecule has 0 radical (unpaired) electrons. The number of pyridine rings is 1. The van der Waals surface area contributed by atoms with Crippen molar-refractivity contribution < 1.29 is 14.3 Å². The van der Waals surface area contributed by atoms with Gasteiger partial charge in [-0.25, -0.2) is 9.37 Å². The number of benzene rings is 1. The van der Waals surface area contributed by atoms with Gasteiger partial charge in [0, 0.05) is 48.7 Å². The van der Waals surface area contributed by atoms with Crippen LogP contribution in [0.4, 0.5) is 16.0 Å². The van der Waals surface area contributed by atoms with Gasteiger partial charge in [-0.2, -0.15) is 10.2 Å². The molecule has 32 heavy (non-hydrogen) atoms. The van der Waals surface area contributed by atoms with Gasteiger partial charge in [-0.3, -0.25) is 14.6 Å². The van der Waals surface area contributed by atoms with E-state index in [-0.39, 0.29) is 12.2 Å². The van der Waals surface area contributed by atoms with Crippen molar-refractivity contribution in [3.63, 3.8) is 0 Å². The summed E-state index contributed by atoms with van der Waals surface area (Å²) in [7, 11) is 1.82. The fourth-order valence-electron chi connectivity index (χ4n) is 3.38. The van der Waals surface area contributed by atoms with Crippen LogP contribution in [0.15, 0.2) is 49.1 Å². The first kappa shape index (κ1) is 21.2. The Hall–Kier alpha value is -4.05. The maximum Gasteiger partial charge on any atom is 0.259 e. The summed E-state index contributed by atoms with van der Waals surface area (Å²) < 4.78 is 16.3. The monoisotopic (exact) mass is 435 g/mol. The number of nitrogens with zero attached hydrogens (tertiary/aromatic N) is 4. The number of anilines is 2. The smallest absolute Gasteiger partial charge is 0.259 e. The summed E-state index contributed by atoms with van der Waals surface area (Å²) in [5, 5.41) is 25.5. The number of hydrogen-bond donors (Lipinski definition) is 4. The Bertz CT molecular complexity index is 1250. The molecule has 0 aliphatic carbocycles. The Morgan fingerprint density at radius 3 is 2.75 bits per heavy atom. The van der Waals surface area contributed by atoms with E-state index in [2.05, 4.69) is 30.9 Å². The third-order valence-corrected chi connectivity index (χ3v) is 4.93. The van der Waals surface area contributed by atoms with E-state index in [0.717, 1.165) is 11.1 Å². The molecule has 4 N–H and O–H groups in total. The first-order chi connectivity index (χ1) is 15.5. The molecule has 10 heteroatoms. The van der Waals surface area contributed by atoms with Crippen LogP contribution in [0.1, 0.15) is 15.9 Å². The van der Waals surface area contributed by atoms with E-state index in [1.54, 1.807) is 30.1 Å². The van der Waals surface area contributed by atoms with E-state index in [9.17, 15) is 14.3 Å². The zero-order chi connectivity index (χ0) is 22.7. The highest BCUT2D eigenvalue weighted by atomic mass is 19.1. The lowest BCUT2D eigenvalue weighted by atomic mass is 9.96. The van der Waals surface area contributed by atoms with Gasteiger partial charge in [-0.1, -0.05) is 0 Å². The number of carbonyl (C=O) groups excluding carboxylic acids is 1. The minimum Gasteiger partial charge on any atom is -0.395 e. The molecular weight excluding hydrogens is 413 g/mol. The maximum absolute atomic E-state index is 14.6. The van der Waals surface area contributed by atoms with Crippen LogP contribution in [0.2, 0.25) is 0 Å². The molecule has 9 nitrogen and oxygen atoms in total. The molecule has 1 aromatic carbocycles. The number of hydrogen-bond acceptors (Lipinski definition) is 6. The van der Waals surface area contributed by atoms with Gasteiger partial charge in [-0.15, -0.1) is 0 Å². The zero-order valence-electron chi connectivity index (χ0n) is 17.6. The van der Waals surface area contributed by atoms with Crippen LogP contribution in [-0.2, 0) is 7.05 Å². The Morgan fingerprint density at radius 1 is 1.22 bits per heavy atom. The highest BCUT2D eigenvalue weighted by molar-refractivity contribution is 6.05. The van der Waals surface area contributed by atoms with E-state index in [0.29, 0.717) is 34.9 Å². The van der Waals surface area contributed by atoms with Crippen molar-refractivity contribution in [2.45, 2.75) is 6.92 Å². The number of aromatic nitrogens is 5. The van der Waals surface area contributed by atoms with Crippen LogP contribution in [0, 0.1) is 12.7 Å². The minimum atomic E-state index is -0.620. The third-order valence-electron chi connectivity index (χ3n) is 4.93. The van der Waals surface area contributed by atoms with Gasteiger partial charge < -0.3 is 15.7 Å². The number of halogens is 1. The fourth-order valence-corrected chi connectivity index (χ4v) is 3.38. The normalized spacial score (nSPS) is 10.9. The average Bonchev–Trinajstić information content (AvgIpc) is 3.44. The van der Waals surface area contributed by atoms with E-state index in [1.165, 1.54) is 18.3 Å². The molecule has 0 bridgehead atoms. The molecule has 0 aliphatic heterocycles. The zero-order valence-corrected chi connectivity index (χ0v) is 17.6. The number of amides is 1. The van der Waals surface area contributed by atoms with Gasteiger partial charge in [0.15, 0.2) is 0 Å². The molecule has 4 aromatic rings. The largest absolute Gasteiger partial charge is 0.395 e. The lowest BCUT2D eigenvalue weighted by Gasteiger charge is -2.14. The van der Waals surface area contributed by atoms with Crippen molar-refractivity contribution in [3.05, 3.63) is 66.0 Å².